The van der Waals surface area contributed by atoms with E-state index in [9.17, 15) is 9.59 Å². The molecule has 132 valence electrons. The van der Waals surface area contributed by atoms with Gasteiger partial charge in [-0.1, -0.05) is 5.16 Å². The van der Waals surface area contributed by atoms with Gasteiger partial charge in [0.15, 0.2) is 5.82 Å². The topological polar surface area (TPSA) is 88.8 Å². The van der Waals surface area contributed by atoms with Crippen LogP contribution in [0.2, 0.25) is 0 Å². The molecule has 2 aliphatic heterocycles. The van der Waals surface area contributed by atoms with Crippen LogP contribution in [0.15, 0.2) is 4.52 Å². The van der Waals surface area contributed by atoms with E-state index in [0.29, 0.717) is 50.9 Å². The Morgan fingerprint density at radius 1 is 1.38 bits per heavy atom. The van der Waals surface area contributed by atoms with Gasteiger partial charge in [0.1, 0.15) is 0 Å². The maximum Gasteiger partial charge on any atom is 0.229 e. The summed E-state index contributed by atoms with van der Waals surface area (Å²) >= 11 is 0. The van der Waals surface area contributed by atoms with E-state index in [-0.39, 0.29) is 23.7 Å². The Kier molecular flexibility index (Phi) is 5.13. The molecule has 0 bridgehead atoms. The Morgan fingerprint density at radius 3 is 2.75 bits per heavy atom. The Labute approximate surface area is 141 Å². The van der Waals surface area contributed by atoms with E-state index in [2.05, 4.69) is 10.1 Å². The van der Waals surface area contributed by atoms with Crippen LogP contribution < -0.4 is 0 Å². The van der Waals surface area contributed by atoms with Crippen LogP contribution in [0.1, 0.15) is 36.9 Å². The van der Waals surface area contributed by atoms with Crippen molar-refractivity contribution in [3.05, 3.63) is 11.7 Å². The third-order valence-corrected chi connectivity index (χ3v) is 4.83. The van der Waals surface area contributed by atoms with E-state index in [1.807, 2.05) is 4.90 Å². The zero-order chi connectivity index (χ0) is 17.1. The Morgan fingerprint density at radius 2 is 2.12 bits per heavy atom. The summed E-state index contributed by atoms with van der Waals surface area (Å²) in [7, 11) is 1.61. The highest BCUT2D eigenvalue weighted by molar-refractivity contribution is 5.89. The zero-order valence-corrected chi connectivity index (χ0v) is 14.2. The van der Waals surface area contributed by atoms with Gasteiger partial charge < -0.3 is 19.1 Å². The summed E-state index contributed by atoms with van der Waals surface area (Å²) in [6.45, 7) is 4.71. The highest BCUT2D eigenvalue weighted by atomic mass is 16.5. The highest BCUT2D eigenvalue weighted by Gasteiger charge is 2.37. The van der Waals surface area contributed by atoms with Gasteiger partial charge in [-0.3, -0.25) is 9.59 Å². The second-order valence-corrected chi connectivity index (χ2v) is 6.51. The van der Waals surface area contributed by atoms with E-state index in [4.69, 9.17) is 9.26 Å². The Bertz CT molecular complexity index is 595. The molecule has 2 amide bonds. The zero-order valence-electron chi connectivity index (χ0n) is 14.2. The van der Waals surface area contributed by atoms with Crippen LogP contribution in [0.25, 0.3) is 0 Å². The first-order chi connectivity index (χ1) is 11.6. The lowest BCUT2D eigenvalue weighted by atomic mass is 9.95. The second kappa shape index (κ2) is 7.29. The van der Waals surface area contributed by atoms with Crippen molar-refractivity contribution in [2.24, 2.45) is 5.92 Å². The average Bonchev–Trinajstić information content (AvgIpc) is 3.18. The molecule has 1 atom stereocenters. The number of likely N-dealkylation sites (tertiary alicyclic amines) is 2. The van der Waals surface area contributed by atoms with Crippen molar-refractivity contribution in [2.45, 2.75) is 32.1 Å². The lowest BCUT2D eigenvalue weighted by molar-refractivity contribution is -0.136. The molecule has 2 saturated heterocycles. The molecule has 0 N–H and O–H groups in total. The number of hydrogen-bond acceptors (Lipinski definition) is 6. The number of ether oxygens (including phenoxy) is 1. The van der Waals surface area contributed by atoms with Crippen molar-refractivity contribution in [3.63, 3.8) is 0 Å². The summed E-state index contributed by atoms with van der Waals surface area (Å²) < 4.78 is 10.2. The minimum absolute atomic E-state index is 0.0432. The van der Waals surface area contributed by atoms with Gasteiger partial charge in [0.25, 0.3) is 0 Å². The van der Waals surface area contributed by atoms with Crippen LogP contribution in [0.5, 0.6) is 0 Å². The number of carbonyl (C=O) groups excluding carboxylic acids is 2. The summed E-state index contributed by atoms with van der Waals surface area (Å²) in [5.74, 6) is 1.44. The predicted molar refractivity (Wildman–Crippen MR) is 84.2 cm³/mol. The molecule has 8 heteroatoms. The monoisotopic (exact) mass is 336 g/mol. The molecule has 3 rings (SSSR count). The first kappa shape index (κ1) is 16.9. The fourth-order valence-electron chi connectivity index (χ4n) is 3.44. The fraction of sp³-hybridized carbons (Fsp3) is 0.750. The third kappa shape index (κ3) is 3.58. The van der Waals surface area contributed by atoms with Crippen LogP contribution in [0.3, 0.4) is 0 Å². The number of aryl methyl sites for hydroxylation is 1. The predicted octanol–water partition coefficient (Wildman–Crippen LogP) is 0.579. The van der Waals surface area contributed by atoms with Crippen molar-refractivity contribution in [2.75, 3.05) is 39.9 Å². The molecular formula is C16H24N4O4. The highest BCUT2D eigenvalue weighted by Crippen LogP contribution is 2.29. The van der Waals surface area contributed by atoms with Gasteiger partial charge in [0.05, 0.1) is 12.5 Å². The van der Waals surface area contributed by atoms with Gasteiger partial charge in [0.2, 0.25) is 17.7 Å². The molecule has 2 aliphatic rings. The van der Waals surface area contributed by atoms with Crippen LogP contribution in [0, 0.1) is 12.8 Å². The lowest BCUT2D eigenvalue weighted by Gasteiger charge is -2.32. The maximum atomic E-state index is 12.7. The van der Waals surface area contributed by atoms with E-state index in [1.165, 1.54) is 0 Å². The molecule has 2 fully saturated rings. The van der Waals surface area contributed by atoms with E-state index in [0.717, 1.165) is 12.8 Å². The van der Waals surface area contributed by atoms with E-state index >= 15 is 0 Å². The fourth-order valence-corrected chi connectivity index (χ4v) is 3.44. The molecule has 1 unspecified atom stereocenters. The molecule has 0 aromatic carbocycles. The first-order valence-electron chi connectivity index (χ1n) is 8.44. The number of methoxy groups -OCH3 is 1. The van der Waals surface area contributed by atoms with Crippen molar-refractivity contribution in [1.82, 2.24) is 19.9 Å². The molecular weight excluding hydrogens is 312 g/mol. The number of aromatic nitrogens is 2. The maximum absolute atomic E-state index is 12.7. The number of piperidine rings is 1. The molecule has 0 aliphatic carbocycles. The molecule has 3 heterocycles. The van der Waals surface area contributed by atoms with Gasteiger partial charge in [-0.05, 0) is 19.8 Å². The molecule has 1 aromatic heterocycles. The van der Waals surface area contributed by atoms with Crippen molar-refractivity contribution in [3.8, 4) is 0 Å². The van der Waals surface area contributed by atoms with Crippen LogP contribution in [-0.4, -0.2) is 71.7 Å². The summed E-state index contributed by atoms with van der Waals surface area (Å²) in [6.07, 6.45) is 1.95. The van der Waals surface area contributed by atoms with Gasteiger partial charge in [-0.2, -0.15) is 4.98 Å². The molecule has 0 radical (unpaired) electrons. The quantitative estimate of drug-likeness (QED) is 0.781. The number of amides is 2. The second-order valence-electron chi connectivity index (χ2n) is 6.51. The van der Waals surface area contributed by atoms with Gasteiger partial charge in [-0.25, -0.2) is 0 Å². The summed E-state index contributed by atoms with van der Waals surface area (Å²) in [5, 5.41) is 3.83. The lowest BCUT2D eigenvalue weighted by Crippen LogP contribution is -2.42. The Hall–Kier alpha value is -1.96. The standard InChI is InChI=1S/C16H24N4O4/c1-11-17-15(24-18-11)12-3-5-19(6-4-12)16(22)13-9-14(21)20(10-13)7-8-23-2/h12-13H,3-10H2,1-2H3. The van der Waals surface area contributed by atoms with Crippen LogP contribution in [0.4, 0.5) is 0 Å². The van der Waals surface area contributed by atoms with Gasteiger partial charge in [0, 0.05) is 45.6 Å². The average molecular weight is 336 g/mol. The summed E-state index contributed by atoms with van der Waals surface area (Å²) in [5.41, 5.74) is 0. The molecule has 1 aromatic rings. The largest absolute Gasteiger partial charge is 0.383 e. The van der Waals surface area contributed by atoms with Crippen molar-refractivity contribution in [1.29, 1.82) is 0 Å². The number of nitrogens with zero attached hydrogens (tertiary/aromatic N) is 4. The van der Waals surface area contributed by atoms with Crippen molar-refractivity contribution >= 4 is 11.8 Å². The van der Waals surface area contributed by atoms with Gasteiger partial charge >= 0.3 is 0 Å². The van der Waals surface area contributed by atoms with E-state index in [1.54, 1.807) is 18.9 Å². The smallest absolute Gasteiger partial charge is 0.229 e. The SMILES string of the molecule is COCCN1CC(C(=O)N2CCC(c3nc(C)no3)CC2)CC1=O. The Balaban J connectivity index is 1.51. The van der Waals surface area contributed by atoms with E-state index < -0.39 is 0 Å². The minimum atomic E-state index is -0.225. The first-order valence-corrected chi connectivity index (χ1v) is 8.44. The molecule has 8 nitrogen and oxygen atoms in total. The number of rotatable bonds is 5. The number of hydrogen-bond donors (Lipinski definition) is 0. The van der Waals surface area contributed by atoms with Crippen LogP contribution >= 0.6 is 0 Å². The normalized spacial score (nSPS) is 22.4. The summed E-state index contributed by atoms with van der Waals surface area (Å²) in [6, 6.07) is 0. The minimum Gasteiger partial charge on any atom is -0.383 e. The molecule has 0 saturated carbocycles. The van der Waals surface area contributed by atoms with Gasteiger partial charge in [-0.15, -0.1) is 0 Å². The molecule has 24 heavy (non-hydrogen) atoms. The van der Waals surface area contributed by atoms with Crippen molar-refractivity contribution < 1.29 is 18.8 Å². The molecule has 0 spiro atoms. The third-order valence-electron chi connectivity index (χ3n) is 4.83. The van der Waals surface area contributed by atoms with Crippen LogP contribution in [-0.2, 0) is 14.3 Å². The summed E-state index contributed by atoms with van der Waals surface area (Å²) in [4.78, 5) is 32.5. The number of carbonyl (C=O) groups is 2.